The number of hydrazone groups is 1. The summed E-state index contributed by atoms with van der Waals surface area (Å²) in [6, 6.07) is 8.95. The molecule has 0 aliphatic carbocycles. The van der Waals surface area contributed by atoms with Gasteiger partial charge in [0, 0.05) is 12.1 Å². The number of para-hydroxylation sites is 1. The molecule has 5 nitrogen and oxygen atoms in total. The Morgan fingerprint density at radius 1 is 1.20 bits per heavy atom. The number of nitro benzene ring substituents is 1. The first-order valence-electron chi connectivity index (χ1n) is 5.55. The summed E-state index contributed by atoms with van der Waals surface area (Å²) in [5.74, 6) is -1.50. The van der Waals surface area contributed by atoms with E-state index in [1.54, 1.807) is 6.07 Å². The van der Waals surface area contributed by atoms with Gasteiger partial charge in [0.1, 0.15) is 5.82 Å². The van der Waals surface area contributed by atoms with Crippen LogP contribution in [0.1, 0.15) is 5.56 Å². The van der Waals surface area contributed by atoms with Crippen molar-refractivity contribution in [2.24, 2.45) is 5.10 Å². The van der Waals surface area contributed by atoms with E-state index in [0.29, 0.717) is 6.07 Å². The summed E-state index contributed by atoms with van der Waals surface area (Å²) < 4.78 is 26.0. The van der Waals surface area contributed by atoms with Gasteiger partial charge < -0.3 is 0 Å². The minimum Gasteiger partial charge on any atom is -0.276 e. The molecule has 0 unspecified atom stereocenters. The normalized spacial score (nSPS) is 10.7. The van der Waals surface area contributed by atoms with Crippen molar-refractivity contribution in [3.63, 3.8) is 0 Å². The van der Waals surface area contributed by atoms with Crippen molar-refractivity contribution >= 4 is 17.6 Å². The van der Waals surface area contributed by atoms with Crippen LogP contribution in [-0.4, -0.2) is 11.1 Å². The minimum atomic E-state index is -0.801. The molecule has 0 aliphatic rings. The Morgan fingerprint density at radius 2 is 1.95 bits per heavy atom. The largest absolute Gasteiger partial charge is 0.278 e. The van der Waals surface area contributed by atoms with Crippen molar-refractivity contribution in [3.8, 4) is 0 Å². The van der Waals surface area contributed by atoms with E-state index in [2.05, 4.69) is 10.5 Å². The molecule has 0 saturated heterocycles. The SMILES string of the molecule is O=[N+]([O-])c1ccccc1/C=N\Nc1ccc(F)cc1F. The number of hydrogen-bond donors (Lipinski definition) is 1. The Hall–Kier alpha value is -2.83. The monoisotopic (exact) mass is 277 g/mol. The van der Waals surface area contributed by atoms with Gasteiger partial charge in [-0.3, -0.25) is 15.5 Å². The molecule has 0 saturated carbocycles. The van der Waals surface area contributed by atoms with Gasteiger partial charge in [-0.25, -0.2) is 8.78 Å². The number of rotatable bonds is 4. The molecule has 0 atom stereocenters. The van der Waals surface area contributed by atoms with E-state index in [1.165, 1.54) is 30.5 Å². The molecule has 0 bridgehead atoms. The van der Waals surface area contributed by atoms with Gasteiger partial charge in [-0.15, -0.1) is 0 Å². The average Bonchev–Trinajstić information content (AvgIpc) is 2.41. The number of hydrogen-bond acceptors (Lipinski definition) is 4. The Kier molecular flexibility index (Phi) is 3.99. The molecule has 1 N–H and O–H groups in total. The third kappa shape index (κ3) is 3.14. The molecule has 7 heteroatoms. The lowest BCUT2D eigenvalue weighted by molar-refractivity contribution is -0.385. The average molecular weight is 277 g/mol. The van der Waals surface area contributed by atoms with Crippen molar-refractivity contribution in [2.45, 2.75) is 0 Å². The Bertz CT molecular complexity index is 674. The third-order valence-corrected chi connectivity index (χ3v) is 2.45. The predicted octanol–water partition coefficient (Wildman–Crippen LogP) is 3.32. The van der Waals surface area contributed by atoms with Gasteiger partial charge >= 0.3 is 0 Å². The number of halogens is 2. The maximum Gasteiger partial charge on any atom is 0.278 e. The molecular weight excluding hydrogens is 268 g/mol. The second-order valence-electron chi connectivity index (χ2n) is 3.81. The van der Waals surface area contributed by atoms with Crippen LogP contribution in [-0.2, 0) is 0 Å². The maximum absolute atomic E-state index is 13.3. The molecule has 0 aliphatic heterocycles. The lowest BCUT2D eigenvalue weighted by Crippen LogP contribution is -1.97. The molecule has 2 aromatic rings. The predicted molar refractivity (Wildman–Crippen MR) is 70.7 cm³/mol. The zero-order valence-electron chi connectivity index (χ0n) is 10.1. The second kappa shape index (κ2) is 5.87. The summed E-state index contributed by atoms with van der Waals surface area (Å²) >= 11 is 0. The van der Waals surface area contributed by atoms with Crippen molar-refractivity contribution in [1.82, 2.24) is 0 Å². The first-order chi connectivity index (χ1) is 9.58. The van der Waals surface area contributed by atoms with Gasteiger partial charge in [0.25, 0.3) is 5.69 Å². The first-order valence-corrected chi connectivity index (χ1v) is 5.55. The van der Waals surface area contributed by atoms with Crippen molar-refractivity contribution < 1.29 is 13.7 Å². The van der Waals surface area contributed by atoms with Gasteiger partial charge in [-0.05, 0) is 18.2 Å². The standard InChI is InChI=1S/C13H9F2N3O2/c14-10-5-6-12(11(15)7-10)17-16-8-9-3-1-2-4-13(9)18(19)20/h1-8,17H/b16-8-. The second-order valence-corrected chi connectivity index (χ2v) is 3.81. The molecule has 0 heterocycles. The molecule has 0 amide bonds. The van der Waals surface area contributed by atoms with Gasteiger partial charge in [0.2, 0.25) is 0 Å². The zero-order valence-corrected chi connectivity index (χ0v) is 10.1. The molecule has 2 rings (SSSR count). The molecule has 102 valence electrons. The summed E-state index contributed by atoms with van der Waals surface area (Å²) in [5, 5.41) is 14.5. The zero-order chi connectivity index (χ0) is 14.5. The number of nitrogens with one attached hydrogen (secondary N) is 1. The molecule has 0 aromatic heterocycles. The van der Waals surface area contributed by atoms with E-state index in [-0.39, 0.29) is 16.9 Å². The summed E-state index contributed by atoms with van der Waals surface area (Å²) in [7, 11) is 0. The van der Waals surface area contributed by atoms with E-state index >= 15 is 0 Å². The van der Waals surface area contributed by atoms with Crippen molar-refractivity contribution in [2.75, 3.05) is 5.43 Å². The van der Waals surface area contributed by atoms with E-state index in [9.17, 15) is 18.9 Å². The van der Waals surface area contributed by atoms with Crippen LogP contribution >= 0.6 is 0 Å². The van der Waals surface area contributed by atoms with Gasteiger partial charge in [-0.2, -0.15) is 5.10 Å². The van der Waals surface area contributed by atoms with E-state index in [0.717, 1.165) is 6.07 Å². The van der Waals surface area contributed by atoms with Crippen LogP contribution in [0.25, 0.3) is 0 Å². The lowest BCUT2D eigenvalue weighted by Gasteiger charge is -2.01. The summed E-state index contributed by atoms with van der Waals surface area (Å²) in [4.78, 5) is 10.2. The molecule has 2 aromatic carbocycles. The smallest absolute Gasteiger partial charge is 0.276 e. The lowest BCUT2D eigenvalue weighted by atomic mass is 10.2. The highest BCUT2D eigenvalue weighted by molar-refractivity contribution is 5.85. The Morgan fingerprint density at radius 3 is 2.65 bits per heavy atom. The summed E-state index contributed by atoms with van der Waals surface area (Å²) in [6.07, 6.45) is 1.20. The first kappa shape index (κ1) is 13.6. The van der Waals surface area contributed by atoms with Crippen LogP contribution in [0.15, 0.2) is 47.6 Å². The van der Waals surface area contributed by atoms with E-state index < -0.39 is 16.6 Å². The highest BCUT2D eigenvalue weighted by Crippen LogP contribution is 2.17. The Labute approximate surface area is 112 Å². The fourth-order valence-corrected chi connectivity index (χ4v) is 1.51. The van der Waals surface area contributed by atoms with Gasteiger partial charge in [0.05, 0.1) is 22.4 Å². The number of benzene rings is 2. The topological polar surface area (TPSA) is 67.5 Å². The van der Waals surface area contributed by atoms with Gasteiger partial charge in [0.15, 0.2) is 5.82 Å². The third-order valence-electron chi connectivity index (χ3n) is 2.45. The summed E-state index contributed by atoms with van der Waals surface area (Å²) in [5.41, 5.74) is 2.49. The van der Waals surface area contributed by atoms with E-state index in [1.807, 2.05) is 0 Å². The quantitative estimate of drug-likeness (QED) is 0.529. The van der Waals surface area contributed by atoms with Crippen molar-refractivity contribution in [3.05, 3.63) is 69.8 Å². The van der Waals surface area contributed by atoms with E-state index in [4.69, 9.17) is 0 Å². The molecule has 0 fully saturated rings. The van der Waals surface area contributed by atoms with Crippen LogP contribution in [0.3, 0.4) is 0 Å². The van der Waals surface area contributed by atoms with Crippen LogP contribution in [0.5, 0.6) is 0 Å². The number of nitro groups is 1. The molecule has 0 spiro atoms. The van der Waals surface area contributed by atoms with Gasteiger partial charge in [-0.1, -0.05) is 12.1 Å². The molecule has 20 heavy (non-hydrogen) atoms. The fourth-order valence-electron chi connectivity index (χ4n) is 1.51. The van der Waals surface area contributed by atoms with Crippen LogP contribution in [0.2, 0.25) is 0 Å². The minimum absolute atomic E-state index is 0.0266. The van der Waals surface area contributed by atoms with Crippen LogP contribution < -0.4 is 5.43 Å². The van der Waals surface area contributed by atoms with Crippen LogP contribution in [0.4, 0.5) is 20.2 Å². The fraction of sp³-hybridized carbons (Fsp3) is 0. The highest BCUT2D eigenvalue weighted by atomic mass is 19.1. The van der Waals surface area contributed by atoms with Crippen molar-refractivity contribution in [1.29, 1.82) is 0 Å². The highest BCUT2D eigenvalue weighted by Gasteiger charge is 2.10. The molecular formula is C13H9F2N3O2. The molecule has 0 radical (unpaired) electrons. The number of anilines is 1. The Balaban J connectivity index is 2.16. The maximum atomic E-state index is 13.3. The van der Waals surface area contributed by atoms with Crippen LogP contribution in [0, 0.1) is 21.7 Å². The summed E-state index contributed by atoms with van der Waals surface area (Å²) in [6.45, 7) is 0. The number of nitrogens with zero attached hydrogens (tertiary/aromatic N) is 2.